The first-order valence-electron chi connectivity index (χ1n) is 5.73. The highest BCUT2D eigenvalue weighted by Gasteiger charge is 2.01. The molecule has 0 amide bonds. The first-order chi connectivity index (χ1) is 8.79. The van der Waals surface area contributed by atoms with Crippen molar-refractivity contribution in [1.82, 2.24) is 10.3 Å². The minimum absolute atomic E-state index is 0.191. The van der Waals surface area contributed by atoms with Crippen LogP contribution in [0.15, 0.2) is 42.5 Å². The summed E-state index contributed by atoms with van der Waals surface area (Å²) in [6, 6.07) is 12.3. The van der Waals surface area contributed by atoms with Crippen LogP contribution in [0.4, 0.5) is 4.39 Å². The second-order valence-corrected chi connectivity index (χ2v) is 3.87. The summed E-state index contributed by atoms with van der Waals surface area (Å²) in [6.45, 7) is 1.05. The van der Waals surface area contributed by atoms with Crippen molar-refractivity contribution >= 4 is 0 Å². The lowest BCUT2D eigenvalue weighted by molar-refractivity contribution is 0.395. The van der Waals surface area contributed by atoms with Gasteiger partial charge < -0.3 is 10.1 Å². The summed E-state index contributed by atoms with van der Waals surface area (Å²) in [7, 11) is 1.58. The molecule has 0 fully saturated rings. The minimum Gasteiger partial charge on any atom is -0.481 e. The predicted molar refractivity (Wildman–Crippen MR) is 67.7 cm³/mol. The summed E-state index contributed by atoms with van der Waals surface area (Å²) in [6.07, 6.45) is 0. The van der Waals surface area contributed by atoms with E-state index < -0.39 is 0 Å². The van der Waals surface area contributed by atoms with Crippen LogP contribution >= 0.6 is 0 Å². The van der Waals surface area contributed by atoms with E-state index in [-0.39, 0.29) is 5.82 Å². The maximum atomic E-state index is 13.4. The van der Waals surface area contributed by atoms with Crippen molar-refractivity contribution in [1.29, 1.82) is 0 Å². The van der Waals surface area contributed by atoms with Gasteiger partial charge in [0, 0.05) is 24.7 Å². The number of ether oxygens (including phenoxy) is 1. The van der Waals surface area contributed by atoms with Gasteiger partial charge in [-0.2, -0.15) is 0 Å². The third kappa shape index (κ3) is 3.28. The second-order valence-electron chi connectivity index (χ2n) is 3.87. The Morgan fingerprint density at radius 3 is 2.72 bits per heavy atom. The summed E-state index contributed by atoms with van der Waals surface area (Å²) >= 11 is 0. The number of benzene rings is 1. The third-order valence-electron chi connectivity index (χ3n) is 2.57. The molecular formula is C14H15FN2O. The molecule has 4 heteroatoms. The van der Waals surface area contributed by atoms with Crippen LogP contribution in [0.3, 0.4) is 0 Å². The molecule has 0 aliphatic rings. The van der Waals surface area contributed by atoms with Gasteiger partial charge in [-0.15, -0.1) is 0 Å². The summed E-state index contributed by atoms with van der Waals surface area (Å²) in [5.41, 5.74) is 1.52. The maximum Gasteiger partial charge on any atom is 0.213 e. The molecule has 0 aliphatic carbocycles. The number of hydrogen-bond acceptors (Lipinski definition) is 3. The molecular weight excluding hydrogens is 231 g/mol. The molecule has 1 N–H and O–H groups in total. The molecule has 0 unspecified atom stereocenters. The van der Waals surface area contributed by atoms with Crippen LogP contribution < -0.4 is 10.1 Å². The van der Waals surface area contributed by atoms with Gasteiger partial charge in [0.15, 0.2) is 0 Å². The molecule has 94 valence electrons. The van der Waals surface area contributed by atoms with E-state index in [2.05, 4.69) is 10.3 Å². The molecule has 18 heavy (non-hydrogen) atoms. The average molecular weight is 246 g/mol. The summed E-state index contributed by atoms with van der Waals surface area (Å²) in [4.78, 5) is 4.27. The van der Waals surface area contributed by atoms with E-state index >= 15 is 0 Å². The molecule has 0 radical (unpaired) electrons. The summed E-state index contributed by atoms with van der Waals surface area (Å²) < 4.78 is 18.4. The molecule has 1 heterocycles. The van der Waals surface area contributed by atoms with E-state index in [1.165, 1.54) is 6.07 Å². The molecule has 2 rings (SSSR count). The van der Waals surface area contributed by atoms with E-state index in [4.69, 9.17) is 4.74 Å². The molecule has 0 bridgehead atoms. The standard InChI is InChI=1S/C14H15FN2O/c1-18-14-8-4-6-12(17-14)10-16-9-11-5-2-3-7-13(11)15/h2-8,16H,9-10H2,1H3. The largest absolute Gasteiger partial charge is 0.481 e. The molecule has 0 saturated heterocycles. The highest BCUT2D eigenvalue weighted by Crippen LogP contribution is 2.08. The molecule has 2 aromatic rings. The molecule has 1 aromatic carbocycles. The predicted octanol–water partition coefficient (Wildman–Crippen LogP) is 2.52. The van der Waals surface area contributed by atoms with Crippen LogP contribution in [0.2, 0.25) is 0 Å². The van der Waals surface area contributed by atoms with Crippen LogP contribution in [-0.2, 0) is 13.1 Å². The fraction of sp³-hybridized carbons (Fsp3) is 0.214. The van der Waals surface area contributed by atoms with Crippen molar-refractivity contribution in [3.05, 3.63) is 59.5 Å². The molecule has 0 atom stereocenters. The second kappa shape index (κ2) is 6.12. The first kappa shape index (κ1) is 12.5. The number of hydrogen-bond donors (Lipinski definition) is 1. The molecule has 0 spiro atoms. The number of rotatable bonds is 5. The van der Waals surface area contributed by atoms with Gasteiger partial charge in [-0.1, -0.05) is 24.3 Å². The van der Waals surface area contributed by atoms with Crippen LogP contribution in [0.5, 0.6) is 5.88 Å². The number of pyridine rings is 1. The molecule has 0 saturated carbocycles. The Labute approximate surface area is 106 Å². The van der Waals surface area contributed by atoms with Crippen molar-refractivity contribution in [2.75, 3.05) is 7.11 Å². The lowest BCUT2D eigenvalue weighted by Gasteiger charge is -2.06. The van der Waals surface area contributed by atoms with Gasteiger partial charge in [0.1, 0.15) is 5.82 Å². The maximum absolute atomic E-state index is 13.4. The third-order valence-corrected chi connectivity index (χ3v) is 2.57. The fourth-order valence-electron chi connectivity index (χ4n) is 1.64. The lowest BCUT2D eigenvalue weighted by Crippen LogP contribution is -2.14. The van der Waals surface area contributed by atoms with E-state index in [0.29, 0.717) is 24.5 Å². The zero-order valence-electron chi connectivity index (χ0n) is 10.2. The van der Waals surface area contributed by atoms with Gasteiger partial charge in [-0.3, -0.25) is 0 Å². The number of nitrogens with zero attached hydrogens (tertiary/aromatic N) is 1. The Morgan fingerprint density at radius 1 is 1.11 bits per heavy atom. The van der Waals surface area contributed by atoms with Gasteiger partial charge >= 0.3 is 0 Å². The molecule has 3 nitrogen and oxygen atoms in total. The van der Waals surface area contributed by atoms with E-state index in [9.17, 15) is 4.39 Å². The Morgan fingerprint density at radius 2 is 1.94 bits per heavy atom. The summed E-state index contributed by atoms with van der Waals surface area (Å²) in [5, 5.41) is 3.15. The Bertz CT molecular complexity index is 517. The Balaban J connectivity index is 1.90. The highest BCUT2D eigenvalue weighted by molar-refractivity contribution is 5.18. The van der Waals surface area contributed by atoms with Gasteiger partial charge in [0.05, 0.1) is 12.8 Å². The normalized spacial score (nSPS) is 10.3. The Kier molecular flexibility index (Phi) is 4.25. The van der Waals surface area contributed by atoms with E-state index in [0.717, 1.165) is 5.69 Å². The van der Waals surface area contributed by atoms with E-state index in [1.807, 2.05) is 18.2 Å². The molecule has 1 aromatic heterocycles. The number of nitrogens with one attached hydrogen (secondary N) is 1. The SMILES string of the molecule is COc1cccc(CNCc2ccccc2F)n1. The fourth-order valence-corrected chi connectivity index (χ4v) is 1.64. The highest BCUT2D eigenvalue weighted by atomic mass is 19.1. The number of methoxy groups -OCH3 is 1. The monoisotopic (exact) mass is 246 g/mol. The van der Waals surface area contributed by atoms with E-state index in [1.54, 1.807) is 25.3 Å². The van der Waals surface area contributed by atoms with Gasteiger partial charge in [-0.25, -0.2) is 9.37 Å². The van der Waals surface area contributed by atoms with Crippen LogP contribution in [-0.4, -0.2) is 12.1 Å². The van der Waals surface area contributed by atoms with Crippen LogP contribution in [0, 0.1) is 5.82 Å². The van der Waals surface area contributed by atoms with Crippen LogP contribution in [0.1, 0.15) is 11.3 Å². The smallest absolute Gasteiger partial charge is 0.213 e. The quantitative estimate of drug-likeness (QED) is 0.880. The van der Waals surface area contributed by atoms with Crippen molar-refractivity contribution in [2.24, 2.45) is 0 Å². The number of halogens is 1. The van der Waals surface area contributed by atoms with Gasteiger partial charge in [0.2, 0.25) is 5.88 Å². The van der Waals surface area contributed by atoms with Gasteiger partial charge in [-0.05, 0) is 12.1 Å². The Hall–Kier alpha value is -1.94. The van der Waals surface area contributed by atoms with Crippen molar-refractivity contribution < 1.29 is 9.13 Å². The first-order valence-corrected chi connectivity index (χ1v) is 5.73. The zero-order valence-corrected chi connectivity index (χ0v) is 10.2. The summed E-state index contributed by atoms with van der Waals surface area (Å²) in [5.74, 6) is 0.392. The zero-order chi connectivity index (χ0) is 12.8. The van der Waals surface area contributed by atoms with Crippen LogP contribution in [0.25, 0.3) is 0 Å². The lowest BCUT2D eigenvalue weighted by atomic mass is 10.2. The van der Waals surface area contributed by atoms with Gasteiger partial charge in [0.25, 0.3) is 0 Å². The average Bonchev–Trinajstić information content (AvgIpc) is 2.41. The van der Waals surface area contributed by atoms with Crippen molar-refractivity contribution in [3.63, 3.8) is 0 Å². The topological polar surface area (TPSA) is 34.1 Å². The number of aromatic nitrogens is 1. The minimum atomic E-state index is -0.191. The van der Waals surface area contributed by atoms with Crippen molar-refractivity contribution in [2.45, 2.75) is 13.1 Å². The molecule has 0 aliphatic heterocycles. The van der Waals surface area contributed by atoms with Crippen molar-refractivity contribution in [3.8, 4) is 5.88 Å².